The molecule has 2 rings (SSSR count). The van der Waals surface area contributed by atoms with E-state index < -0.39 is 12.0 Å². The molecule has 1 aliphatic heterocycles. The van der Waals surface area contributed by atoms with Gasteiger partial charge in [-0.3, -0.25) is 4.79 Å². The van der Waals surface area contributed by atoms with Crippen LogP contribution in [0.5, 0.6) is 5.75 Å². The first-order valence-corrected chi connectivity index (χ1v) is 8.55. The van der Waals surface area contributed by atoms with Gasteiger partial charge < -0.3 is 20.5 Å². The van der Waals surface area contributed by atoms with Crippen LogP contribution in [0.3, 0.4) is 0 Å². The van der Waals surface area contributed by atoms with Crippen LogP contribution in [0.2, 0.25) is 0 Å². The minimum Gasteiger partial charge on any atom is -0.486 e. The van der Waals surface area contributed by atoms with E-state index in [2.05, 4.69) is 29.7 Å². The summed E-state index contributed by atoms with van der Waals surface area (Å²) in [6.45, 7) is 6.98. The predicted molar refractivity (Wildman–Crippen MR) is 92.3 cm³/mol. The van der Waals surface area contributed by atoms with Crippen molar-refractivity contribution in [2.45, 2.75) is 64.6 Å². The molecule has 0 aliphatic carbocycles. The number of fused-ring (bicyclic) bond motifs is 1. The lowest BCUT2D eigenvalue weighted by molar-refractivity contribution is -0.139. The van der Waals surface area contributed by atoms with E-state index in [1.807, 2.05) is 19.9 Å². The van der Waals surface area contributed by atoms with Crippen LogP contribution < -0.4 is 15.4 Å². The number of rotatable bonds is 8. The van der Waals surface area contributed by atoms with Gasteiger partial charge in [0.15, 0.2) is 0 Å². The lowest BCUT2D eigenvalue weighted by atomic mass is 10.0. The third-order valence-corrected chi connectivity index (χ3v) is 4.22. The number of carboxylic acids is 1. The van der Waals surface area contributed by atoms with Crippen LogP contribution in [0.15, 0.2) is 18.2 Å². The quantitative estimate of drug-likeness (QED) is 0.687. The first-order chi connectivity index (χ1) is 11.0. The third kappa shape index (κ3) is 4.86. The second-order valence-corrected chi connectivity index (χ2v) is 6.31. The van der Waals surface area contributed by atoms with E-state index >= 15 is 0 Å². The summed E-state index contributed by atoms with van der Waals surface area (Å²) in [4.78, 5) is 11.2. The number of ether oxygens (including phenoxy) is 1. The molecule has 1 heterocycles. The topological polar surface area (TPSA) is 70.6 Å². The summed E-state index contributed by atoms with van der Waals surface area (Å²) in [6, 6.07) is 5.81. The Morgan fingerprint density at radius 1 is 1.48 bits per heavy atom. The van der Waals surface area contributed by atoms with Gasteiger partial charge in [-0.2, -0.15) is 0 Å². The molecule has 3 atom stereocenters. The van der Waals surface area contributed by atoms with Crippen molar-refractivity contribution in [1.29, 1.82) is 0 Å². The van der Waals surface area contributed by atoms with Crippen molar-refractivity contribution in [3.05, 3.63) is 23.8 Å². The Morgan fingerprint density at radius 2 is 2.26 bits per heavy atom. The molecule has 0 saturated heterocycles. The van der Waals surface area contributed by atoms with E-state index in [4.69, 9.17) is 4.74 Å². The van der Waals surface area contributed by atoms with Gasteiger partial charge in [-0.05, 0) is 43.9 Å². The largest absolute Gasteiger partial charge is 0.486 e. The fourth-order valence-corrected chi connectivity index (χ4v) is 2.94. The maximum atomic E-state index is 11.2. The zero-order chi connectivity index (χ0) is 16.8. The zero-order valence-corrected chi connectivity index (χ0v) is 14.3. The molecular formula is C18H28N2O3. The van der Waals surface area contributed by atoms with Crippen LogP contribution in [0.25, 0.3) is 0 Å². The summed E-state index contributed by atoms with van der Waals surface area (Å²) in [5, 5.41) is 15.9. The summed E-state index contributed by atoms with van der Waals surface area (Å²) < 4.78 is 5.91. The summed E-state index contributed by atoms with van der Waals surface area (Å²) in [5.41, 5.74) is 2.21. The van der Waals surface area contributed by atoms with Crippen molar-refractivity contribution < 1.29 is 14.6 Å². The van der Waals surface area contributed by atoms with E-state index in [1.165, 1.54) is 5.56 Å². The van der Waals surface area contributed by atoms with Crippen LogP contribution >= 0.6 is 0 Å². The monoisotopic (exact) mass is 320 g/mol. The molecule has 23 heavy (non-hydrogen) atoms. The molecule has 5 nitrogen and oxygen atoms in total. The highest BCUT2D eigenvalue weighted by atomic mass is 16.5. The molecule has 3 unspecified atom stereocenters. The summed E-state index contributed by atoms with van der Waals surface area (Å²) in [5.74, 6) is 0.131. The molecule has 3 N–H and O–H groups in total. The second-order valence-electron chi connectivity index (χ2n) is 6.31. The van der Waals surface area contributed by atoms with Gasteiger partial charge in [-0.15, -0.1) is 0 Å². The van der Waals surface area contributed by atoms with E-state index in [1.54, 1.807) is 0 Å². The number of carboxylic acid groups (broad SMARTS) is 1. The number of benzene rings is 1. The van der Waals surface area contributed by atoms with Crippen molar-refractivity contribution in [2.75, 3.05) is 11.9 Å². The Kier molecular flexibility index (Phi) is 6.28. The van der Waals surface area contributed by atoms with Crippen LogP contribution in [0.4, 0.5) is 5.69 Å². The molecule has 1 aliphatic rings. The normalized spacial score (nSPS) is 19.2. The van der Waals surface area contributed by atoms with Gasteiger partial charge in [0.05, 0.1) is 12.2 Å². The highest BCUT2D eigenvalue weighted by molar-refractivity contribution is 5.73. The molecule has 0 fully saturated rings. The fourth-order valence-electron chi connectivity index (χ4n) is 2.94. The molecule has 1 aromatic rings. The van der Waals surface area contributed by atoms with Crippen molar-refractivity contribution in [2.24, 2.45) is 0 Å². The molecule has 0 bridgehead atoms. The van der Waals surface area contributed by atoms with Crippen molar-refractivity contribution in [3.63, 3.8) is 0 Å². The molecule has 0 spiro atoms. The number of hydrogen-bond donors (Lipinski definition) is 3. The standard InChI is InChI=1S/C18H28N2O3/c1-4-6-15(18(21)22)20-12(3)9-13-7-8-17-16(10-13)19-11-14(5-2)23-17/h7-8,10,12,14-15,19-20H,4-6,9,11H2,1-3H3,(H,21,22). The average molecular weight is 320 g/mol. The van der Waals surface area contributed by atoms with E-state index in [0.29, 0.717) is 6.42 Å². The SMILES string of the molecule is CCCC(NC(C)Cc1ccc2c(c1)NCC(CC)O2)C(=O)O. The Hall–Kier alpha value is -1.75. The van der Waals surface area contributed by atoms with Crippen molar-refractivity contribution in [3.8, 4) is 5.75 Å². The minimum atomic E-state index is -0.773. The van der Waals surface area contributed by atoms with Gasteiger partial charge in [0.25, 0.3) is 0 Å². The lowest BCUT2D eigenvalue weighted by Gasteiger charge is -2.27. The first-order valence-electron chi connectivity index (χ1n) is 8.55. The van der Waals surface area contributed by atoms with Crippen LogP contribution in [-0.4, -0.2) is 35.8 Å². The Balaban J connectivity index is 1.96. The number of hydrogen-bond acceptors (Lipinski definition) is 4. The predicted octanol–water partition coefficient (Wildman–Crippen LogP) is 3.04. The molecule has 0 radical (unpaired) electrons. The Bertz CT molecular complexity index is 533. The first kappa shape index (κ1) is 17.6. The summed E-state index contributed by atoms with van der Waals surface area (Å²) in [7, 11) is 0. The van der Waals surface area contributed by atoms with Crippen molar-refractivity contribution >= 4 is 11.7 Å². The molecule has 5 heteroatoms. The number of carbonyl (C=O) groups is 1. The van der Waals surface area contributed by atoms with Gasteiger partial charge in [0.2, 0.25) is 0 Å². The van der Waals surface area contributed by atoms with E-state index in [-0.39, 0.29) is 12.1 Å². The van der Waals surface area contributed by atoms with Crippen LogP contribution in [0, 0.1) is 0 Å². The molecule has 0 saturated carbocycles. The van der Waals surface area contributed by atoms with E-state index in [9.17, 15) is 9.90 Å². The summed E-state index contributed by atoms with van der Waals surface area (Å²) >= 11 is 0. The molecule has 128 valence electrons. The number of nitrogens with one attached hydrogen (secondary N) is 2. The highest BCUT2D eigenvalue weighted by Crippen LogP contribution is 2.31. The Labute approximate surface area is 138 Å². The summed E-state index contributed by atoms with van der Waals surface area (Å²) in [6.07, 6.45) is 3.52. The van der Waals surface area contributed by atoms with Gasteiger partial charge in [-0.1, -0.05) is 26.3 Å². The van der Waals surface area contributed by atoms with E-state index in [0.717, 1.165) is 37.2 Å². The minimum absolute atomic E-state index is 0.105. The smallest absolute Gasteiger partial charge is 0.320 e. The van der Waals surface area contributed by atoms with Gasteiger partial charge >= 0.3 is 5.97 Å². The average Bonchev–Trinajstić information content (AvgIpc) is 2.53. The zero-order valence-electron chi connectivity index (χ0n) is 14.3. The lowest BCUT2D eigenvalue weighted by Crippen LogP contribution is -2.42. The molecule has 0 aromatic heterocycles. The third-order valence-electron chi connectivity index (χ3n) is 4.22. The maximum absolute atomic E-state index is 11.2. The van der Waals surface area contributed by atoms with Gasteiger partial charge in [0, 0.05) is 6.04 Å². The second kappa shape index (κ2) is 8.20. The maximum Gasteiger partial charge on any atom is 0.320 e. The molecule has 0 amide bonds. The Morgan fingerprint density at radius 3 is 2.91 bits per heavy atom. The van der Waals surface area contributed by atoms with Gasteiger partial charge in [0.1, 0.15) is 17.9 Å². The van der Waals surface area contributed by atoms with Crippen LogP contribution in [0.1, 0.15) is 45.6 Å². The fraction of sp³-hybridized carbons (Fsp3) is 0.611. The highest BCUT2D eigenvalue weighted by Gasteiger charge is 2.20. The number of aliphatic carboxylic acids is 1. The van der Waals surface area contributed by atoms with Crippen molar-refractivity contribution in [1.82, 2.24) is 5.32 Å². The van der Waals surface area contributed by atoms with Gasteiger partial charge in [-0.25, -0.2) is 0 Å². The van der Waals surface area contributed by atoms with Crippen LogP contribution in [-0.2, 0) is 11.2 Å². The molecular weight excluding hydrogens is 292 g/mol. The number of anilines is 1. The molecule has 1 aromatic carbocycles.